The van der Waals surface area contributed by atoms with Gasteiger partial charge < -0.3 is 8.94 Å². The van der Waals surface area contributed by atoms with E-state index in [1.807, 2.05) is 12.1 Å². The summed E-state index contributed by atoms with van der Waals surface area (Å²) in [5.74, 6) is -0.106. The molecule has 4 rings (SSSR count). The fourth-order valence-electron chi connectivity index (χ4n) is 3.40. The highest BCUT2D eigenvalue weighted by Gasteiger charge is 2.36. The maximum absolute atomic E-state index is 12.7. The van der Waals surface area contributed by atoms with Crippen LogP contribution >= 0.6 is 11.3 Å². The maximum Gasteiger partial charge on any atom is 0.452 e. The number of likely N-dealkylation sites (tertiary alicyclic amines) is 1. The zero-order chi connectivity index (χ0) is 22.1. The van der Waals surface area contributed by atoms with E-state index in [-0.39, 0.29) is 20.7 Å². The molecular weight excluding hydrogens is 455 g/mol. The summed E-state index contributed by atoms with van der Waals surface area (Å²) in [6.45, 7) is 2.75. The van der Waals surface area contributed by atoms with Gasteiger partial charge in [0.1, 0.15) is 15.7 Å². The van der Waals surface area contributed by atoms with E-state index in [0.717, 1.165) is 55.6 Å². The monoisotopic (exact) mass is 475 g/mol. The Morgan fingerprint density at radius 3 is 2.65 bits per heavy atom. The number of nitrogens with zero attached hydrogens (tertiary/aromatic N) is 2. The summed E-state index contributed by atoms with van der Waals surface area (Å²) in [6.07, 6.45) is -1.28. The lowest BCUT2D eigenvalue weighted by atomic mass is 9.97. The van der Waals surface area contributed by atoms with Crippen molar-refractivity contribution in [3.8, 4) is 10.6 Å². The van der Waals surface area contributed by atoms with Crippen molar-refractivity contribution >= 4 is 21.4 Å². The second kappa shape index (κ2) is 8.77. The highest BCUT2D eigenvalue weighted by atomic mass is 32.2. The molecule has 3 aromatic heterocycles. The van der Waals surface area contributed by atoms with Crippen LogP contribution in [0.4, 0.5) is 13.2 Å². The number of hydrogen-bond acceptors (Lipinski definition) is 7. The van der Waals surface area contributed by atoms with Crippen LogP contribution in [0.2, 0.25) is 0 Å². The fraction of sp³-hybridized carbons (Fsp3) is 0.421. The van der Waals surface area contributed by atoms with Crippen molar-refractivity contribution in [1.29, 1.82) is 0 Å². The van der Waals surface area contributed by atoms with E-state index >= 15 is 0 Å². The summed E-state index contributed by atoms with van der Waals surface area (Å²) in [6, 6.07) is 7.32. The second-order valence-electron chi connectivity index (χ2n) is 7.34. The van der Waals surface area contributed by atoms with Gasteiger partial charge in [-0.05, 0) is 56.1 Å². The van der Waals surface area contributed by atoms with E-state index in [4.69, 9.17) is 4.42 Å². The number of sulfonamides is 1. The Labute approximate surface area is 180 Å². The highest BCUT2D eigenvalue weighted by Crippen LogP contribution is 2.35. The number of halogens is 3. The van der Waals surface area contributed by atoms with E-state index < -0.39 is 22.0 Å². The molecule has 0 radical (unpaired) electrons. The van der Waals surface area contributed by atoms with Crippen LogP contribution in [0.5, 0.6) is 0 Å². The van der Waals surface area contributed by atoms with Gasteiger partial charge in [-0.2, -0.15) is 13.2 Å². The van der Waals surface area contributed by atoms with Crippen LogP contribution in [0.1, 0.15) is 24.4 Å². The first-order valence-electron chi connectivity index (χ1n) is 9.59. The number of thiophene rings is 1. The minimum absolute atomic E-state index is 0.0225. The summed E-state index contributed by atoms with van der Waals surface area (Å²) in [4.78, 5) is 2.55. The lowest BCUT2D eigenvalue weighted by molar-refractivity contribution is -0.155. The number of nitrogens with one attached hydrogen (secondary N) is 1. The topological polar surface area (TPSA) is 88.6 Å². The third kappa shape index (κ3) is 5.37. The zero-order valence-electron chi connectivity index (χ0n) is 16.3. The molecule has 1 saturated heterocycles. The number of piperidine rings is 1. The van der Waals surface area contributed by atoms with E-state index in [1.165, 1.54) is 12.1 Å². The van der Waals surface area contributed by atoms with Crippen molar-refractivity contribution in [3.63, 3.8) is 0 Å². The molecule has 0 bridgehead atoms. The van der Waals surface area contributed by atoms with Gasteiger partial charge in [-0.15, -0.1) is 11.3 Å². The van der Waals surface area contributed by atoms with Gasteiger partial charge in [-0.25, -0.2) is 13.1 Å². The largest absolute Gasteiger partial charge is 0.468 e. The number of hydrogen-bond donors (Lipinski definition) is 1. The lowest BCUT2D eigenvalue weighted by Gasteiger charge is -2.31. The highest BCUT2D eigenvalue weighted by molar-refractivity contribution is 7.91. The van der Waals surface area contributed by atoms with Crippen LogP contribution in [-0.4, -0.2) is 38.1 Å². The molecule has 0 amide bonds. The summed E-state index contributed by atoms with van der Waals surface area (Å²) in [5.41, 5.74) is -0.0531. The number of furan rings is 1. The molecule has 31 heavy (non-hydrogen) atoms. The van der Waals surface area contributed by atoms with Crippen LogP contribution in [0.15, 0.2) is 49.7 Å². The Bertz CT molecular complexity index is 1100. The summed E-state index contributed by atoms with van der Waals surface area (Å²) < 4.78 is 75.5. The first kappa shape index (κ1) is 22.1. The van der Waals surface area contributed by atoms with Crippen LogP contribution in [-0.2, 0) is 22.7 Å². The van der Waals surface area contributed by atoms with E-state index in [0.29, 0.717) is 6.54 Å². The Morgan fingerprint density at radius 1 is 1.23 bits per heavy atom. The van der Waals surface area contributed by atoms with E-state index in [2.05, 4.69) is 19.3 Å². The lowest BCUT2D eigenvalue weighted by Crippen LogP contribution is -2.38. The van der Waals surface area contributed by atoms with Crippen LogP contribution < -0.4 is 4.72 Å². The van der Waals surface area contributed by atoms with Gasteiger partial charge in [-0.3, -0.25) is 4.90 Å². The van der Waals surface area contributed by atoms with Gasteiger partial charge in [0.25, 0.3) is 0 Å². The van der Waals surface area contributed by atoms with Crippen molar-refractivity contribution in [3.05, 3.63) is 48.1 Å². The average molecular weight is 476 g/mol. The molecule has 0 spiro atoms. The quantitative estimate of drug-likeness (QED) is 0.551. The molecule has 0 saturated carbocycles. The van der Waals surface area contributed by atoms with Crippen molar-refractivity contribution in [2.45, 2.75) is 29.8 Å². The number of alkyl halides is 3. The Kier molecular flexibility index (Phi) is 6.24. The van der Waals surface area contributed by atoms with E-state index in [1.54, 1.807) is 6.26 Å². The van der Waals surface area contributed by atoms with Gasteiger partial charge in [-0.1, -0.05) is 5.16 Å². The molecule has 0 unspecified atom stereocenters. The minimum atomic E-state index is -4.65. The van der Waals surface area contributed by atoms with Crippen LogP contribution in [0.25, 0.3) is 10.6 Å². The average Bonchev–Trinajstić information content (AvgIpc) is 3.47. The van der Waals surface area contributed by atoms with Crippen molar-refractivity contribution in [2.75, 3.05) is 19.6 Å². The molecule has 168 valence electrons. The summed E-state index contributed by atoms with van der Waals surface area (Å²) in [7, 11) is -3.76. The number of rotatable bonds is 7. The Morgan fingerprint density at radius 2 is 2.00 bits per heavy atom. The van der Waals surface area contributed by atoms with Gasteiger partial charge in [0, 0.05) is 12.6 Å². The molecule has 0 aliphatic carbocycles. The zero-order valence-corrected chi connectivity index (χ0v) is 17.9. The van der Waals surface area contributed by atoms with Crippen molar-refractivity contribution in [2.24, 2.45) is 5.92 Å². The van der Waals surface area contributed by atoms with E-state index in [9.17, 15) is 21.6 Å². The van der Waals surface area contributed by atoms with Gasteiger partial charge >= 0.3 is 6.18 Å². The maximum atomic E-state index is 12.7. The summed E-state index contributed by atoms with van der Waals surface area (Å²) in [5, 5.41) is 3.39. The molecule has 1 aliphatic rings. The second-order valence-corrected chi connectivity index (χ2v) is 10.4. The van der Waals surface area contributed by atoms with Crippen molar-refractivity contribution < 1.29 is 30.5 Å². The molecule has 7 nitrogen and oxygen atoms in total. The predicted octanol–water partition coefficient (Wildman–Crippen LogP) is 4.21. The first-order valence-corrected chi connectivity index (χ1v) is 11.9. The molecule has 3 aromatic rings. The van der Waals surface area contributed by atoms with Gasteiger partial charge in [0.15, 0.2) is 0 Å². The molecule has 1 N–H and O–H groups in total. The normalized spacial score (nSPS) is 16.7. The molecule has 1 fully saturated rings. The van der Waals surface area contributed by atoms with Gasteiger partial charge in [0.05, 0.1) is 17.7 Å². The third-order valence-electron chi connectivity index (χ3n) is 5.12. The molecule has 0 atom stereocenters. The predicted molar refractivity (Wildman–Crippen MR) is 107 cm³/mol. The first-order chi connectivity index (χ1) is 14.7. The molecular formula is C19H20F3N3O4S2. The fourth-order valence-corrected chi connectivity index (χ4v) is 5.82. The molecule has 4 heterocycles. The SMILES string of the molecule is O=S(=O)(NCC1CCN(Cc2ccco2)CC1)c1ccc(-c2cc(C(F)(F)F)on2)s1. The molecule has 0 aromatic carbocycles. The third-order valence-corrected chi connectivity index (χ3v) is 8.14. The smallest absolute Gasteiger partial charge is 0.452 e. The summed E-state index contributed by atoms with van der Waals surface area (Å²) >= 11 is 0.847. The Hall–Kier alpha value is -2.15. The molecule has 1 aliphatic heterocycles. The Balaban J connectivity index is 1.31. The van der Waals surface area contributed by atoms with Crippen molar-refractivity contribution in [1.82, 2.24) is 14.8 Å². The molecule has 12 heteroatoms. The van der Waals surface area contributed by atoms with Crippen LogP contribution in [0, 0.1) is 5.92 Å². The standard InChI is InChI=1S/C19H20F3N3O4S2/c20-19(21,22)17-10-15(24-29-17)16-3-4-18(30-16)31(26,27)23-11-13-5-7-25(8-6-13)12-14-2-1-9-28-14/h1-4,9-10,13,23H,5-8,11-12H2. The minimum Gasteiger partial charge on any atom is -0.468 e. The van der Waals surface area contributed by atoms with Gasteiger partial charge in [0.2, 0.25) is 15.8 Å². The number of aromatic nitrogens is 1. The van der Waals surface area contributed by atoms with Crippen LogP contribution in [0.3, 0.4) is 0 Å².